The first-order chi connectivity index (χ1) is 16.0. The van der Waals surface area contributed by atoms with Crippen LogP contribution in [0.4, 0.5) is 5.82 Å². The fourth-order valence-corrected chi connectivity index (χ4v) is 4.27. The van der Waals surface area contributed by atoms with Crippen LogP contribution < -0.4 is 20.5 Å². The van der Waals surface area contributed by atoms with Gasteiger partial charge in [0.1, 0.15) is 42.7 Å². The molecule has 4 aromatic rings. The van der Waals surface area contributed by atoms with Gasteiger partial charge in [0.25, 0.3) is 0 Å². The molecule has 33 heavy (non-hydrogen) atoms. The van der Waals surface area contributed by atoms with Gasteiger partial charge in [-0.05, 0) is 19.0 Å². The lowest BCUT2D eigenvalue weighted by atomic mass is 10.00. The number of aryl methyl sites for hydroxylation is 1. The van der Waals surface area contributed by atoms with Gasteiger partial charge in [-0.2, -0.15) is 5.10 Å². The maximum absolute atomic E-state index is 6.62. The van der Waals surface area contributed by atoms with Crippen molar-refractivity contribution in [2.24, 2.45) is 7.05 Å². The molecule has 2 aromatic heterocycles. The van der Waals surface area contributed by atoms with Gasteiger partial charge in [0.05, 0.1) is 26.5 Å². The van der Waals surface area contributed by atoms with Crippen molar-refractivity contribution in [3.05, 3.63) is 52.8 Å². The van der Waals surface area contributed by atoms with Crippen molar-refractivity contribution in [1.82, 2.24) is 30.0 Å². The molecule has 9 nitrogen and oxygen atoms in total. The van der Waals surface area contributed by atoms with Crippen molar-refractivity contribution >= 4 is 39.9 Å². The summed E-state index contributed by atoms with van der Waals surface area (Å²) in [5.41, 5.74) is 8.21. The number of nitrogens with zero attached hydrogens (tertiary/aromatic N) is 5. The number of hydrogen-bond donors (Lipinski definition) is 2. The molecule has 1 saturated heterocycles. The Balaban J connectivity index is 1.70. The number of benzene rings is 2. The summed E-state index contributed by atoms with van der Waals surface area (Å²) in [5, 5.41) is 8.96. The quantitative estimate of drug-likeness (QED) is 0.425. The zero-order valence-corrected chi connectivity index (χ0v) is 19.3. The summed E-state index contributed by atoms with van der Waals surface area (Å²) in [7, 11) is 1.79. The molecule has 170 valence electrons. The second-order valence-corrected chi connectivity index (χ2v) is 8.47. The second kappa shape index (κ2) is 9.01. The van der Waals surface area contributed by atoms with Crippen LogP contribution in [0, 0.1) is 0 Å². The highest BCUT2D eigenvalue weighted by Crippen LogP contribution is 2.46. The third kappa shape index (κ3) is 4.27. The largest absolute Gasteiger partial charge is 0.488 e. The van der Waals surface area contributed by atoms with Crippen LogP contribution in [0.2, 0.25) is 10.0 Å². The molecule has 0 radical (unpaired) electrons. The number of nitrogens with one attached hydrogen (secondary N) is 1. The zero-order valence-electron chi connectivity index (χ0n) is 17.8. The molecule has 2 aromatic carbocycles. The third-order valence-corrected chi connectivity index (χ3v) is 6.22. The standard InChI is InChI=1S/C22H21Cl2N7O2/c1-31-11-29-17(30-31)9-32-15-7-16(33-12-5-6-26-8-12)18(13-3-2-4-14(23)20(13)24)21-19(15)22(25)28-10-27-21/h2-4,7,10-12,26H,5-6,8-9H2,1H3,(H2,25,27,28)/t12-/m1/s1. The molecule has 1 aliphatic rings. The number of fused-ring (bicyclic) bond motifs is 1. The smallest absolute Gasteiger partial charge is 0.188 e. The Bertz CT molecular complexity index is 1320. The monoisotopic (exact) mass is 485 g/mol. The van der Waals surface area contributed by atoms with Gasteiger partial charge >= 0.3 is 0 Å². The van der Waals surface area contributed by atoms with E-state index in [0.717, 1.165) is 19.5 Å². The Morgan fingerprint density at radius 1 is 1.21 bits per heavy atom. The summed E-state index contributed by atoms with van der Waals surface area (Å²) >= 11 is 13.0. The van der Waals surface area contributed by atoms with Crippen LogP contribution in [-0.4, -0.2) is 43.9 Å². The molecule has 0 saturated carbocycles. The first-order valence-electron chi connectivity index (χ1n) is 10.4. The van der Waals surface area contributed by atoms with E-state index in [-0.39, 0.29) is 18.5 Å². The molecule has 1 fully saturated rings. The highest BCUT2D eigenvalue weighted by Gasteiger charge is 2.25. The number of nitrogens with two attached hydrogens (primary N) is 1. The van der Waals surface area contributed by atoms with Gasteiger partial charge in [-0.3, -0.25) is 4.68 Å². The molecule has 1 atom stereocenters. The minimum Gasteiger partial charge on any atom is -0.488 e. The van der Waals surface area contributed by atoms with Crippen LogP contribution in [-0.2, 0) is 13.7 Å². The topological polar surface area (TPSA) is 113 Å². The molecule has 0 unspecified atom stereocenters. The molecular formula is C22H21Cl2N7O2. The van der Waals surface area contributed by atoms with Crippen molar-refractivity contribution in [1.29, 1.82) is 0 Å². The van der Waals surface area contributed by atoms with Gasteiger partial charge in [-0.25, -0.2) is 15.0 Å². The minimum atomic E-state index is -0.0105. The van der Waals surface area contributed by atoms with Crippen LogP contribution in [0.25, 0.3) is 22.0 Å². The Morgan fingerprint density at radius 2 is 2.09 bits per heavy atom. The Hall–Kier alpha value is -3.14. The maximum atomic E-state index is 6.62. The summed E-state index contributed by atoms with van der Waals surface area (Å²) in [6.45, 7) is 1.77. The molecule has 0 aliphatic carbocycles. The summed E-state index contributed by atoms with van der Waals surface area (Å²) in [6.07, 6.45) is 3.88. The molecule has 0 spiro atoms. The molecule has 0 bridgehead atoms. The lowest BCUT2D eigenvalue weighted by molar-refractivity contribution is 0.222. The first-order valence-corrected chi connectivity index (χ1v) is 11.1. The highest BCUT2D eigenvalue weighted by molar-refractivity contribution is 6.44. The normalized spacial score (nSPS) is 15.8. The summed E-state index contributed by atoms with van der Waals surface area (Å²) in [5.74, 6) is 1.85. The van der Waals surface area contributed by atoms with Gasteiger partial charge in [-0.1, -0.05) is 35.3 Å². The lowest BCUT2D eigenvalue weighted by Crippen LogP contribution is -2.20. The van der Waals surface area contributed by atoms with Crippen molar-refractivity contribution in [3.63, 3.8) is 0 Å². The molecule has 1 aliphatic heterocycles. The SMILES string of the molecule is Cn1cnc(COc2cc(O[C@@H]3CCNC3)c(-c3cccc(Cl)c3Cl)c3ncnc(N)c23)n1. The van der Waals surface area contributed by atoms with Gasteiger partial charge in [-0.15, -0.1) is 0 Å². The Labute approximate surface area is 199 Å². The van der Waals surface area contributed by atoms with Crippen molar-refractivity contribution in [2.75, 3.05) is 18.8 Å². The summed E-state index contributed by atoms with van der Waals surface area (Å²) < 4.78 is 14.1. The van der Waals surface area contributed by atoms with Crippen LogP contribution in [0.3, 0.4) is 0 Å². The number of ether oxygens (including phenoxy) is 2. The van der Waals surface area contributed by atoms with Gasteiger partial charge < -0.3 is 20.5 Å². The van der Waals surface area contributed by atoms with Crippen LogP contribution in [0.5, 0.6) is 11.5 Å². The van der Waals surface area contributed by atoms with E-state index in [2.05, 4.69) is 25.4 Å². The number of hydrogen-bond acceptors (Lipinski definition) is 8. The number of anilines is 1. The molecule has 3 N–H and O–H groups in total. The average molecular weight is 486 g/mol. The average Bonchev–Trinajstić information content (AvgIpc) is 3.46. The Kier molecular flexibility index (Phi) is 5.92. The van der Waals surface area contributed by atoms with Gasteiger partial charge in [0.2, 0.25) is 0 Å². The third-order valence-electron chi connectivity index (χ3n) is 5.40. The van der Waals surface area contributed by atoms with E-state index < -0.39 is 0 Å². The van der Waals surface area contributed by atoms with Crippen molar-refractivity contribution in [2.45, 2.75) is 19.1 Å². The molecule has 3 heterocycles. The van der Waals surface area contributed by atoms with Crippen molar-refractivity contribution in [3.8, 4) is 22.6 Å². The van der Waals surface area contributed by atoms with Crippen LogP contribution >= 0.6 is 23.2 Å². The van der Waals surface area contributed by atoms with E-state index in [4.69, 9.17) is 38.4 Å². The van der Waals surface area contributed by atoms with E-state index in [0.29, 0.717) is 49.4 Å². The maximum Gasteiger partial charge on any atom is 0.188 e. The second-order valence-electron chi connectivity index (χ2n) is 7.69. The van der Waals surface area contributed by atoms with Crippen LogP contribution in [0.15, 0.2) is 36.9 Å². The first kappa shape index (κ1) is 21.7. The van der Waals surface area contributed by atoms with E-state index in [1.165, 1.54) is 6.33 Å². The van der Waals surface area contributed by atoms with E-state index in [1.54, 1.807) is 30.2 Å². The summed E-state index contributed by atoms with van der Waals surface area (Å²) in [4.78, 5) is 12.9. The van der Waals surface area contributed by atoms with Crippen molar-refractivity contribution < 1.29 is 9.47 Å². The predicted octanol–water partition coefficient (Wildman–Crippen LogP) is 3.63. The minimum absolute atomic E-state index is 0.0105. The van der Waals surface area contributed by atoms with E-state index in [1.807, 2.05) is 12.1 Å². The van der Waals surface area contributed by atoms with Crippen LogP contribution in [0.1, 0.15) is 12.2 Å². The molecular weight excluding hydrogens is 465 g/mol. The lowest BCUT2D eigenvalue weighted by Gasteiger charge is -2.21. The number of rotatable bonds is 6. The molecule has 11 heteroatoms. The van der Waals surface area contributed by atoms with Gasteiger partial charge in [0, 0.05) is 25.2 Å². The molecule has 5 rings (SSSR count). The van der Waals surface area contributed by atoms with Gasteiger partial charge in [0.15, 0.2) is 5.82 Å². The van der Waals surface area contributed by atoms with E-state index >= 15 is 0 Å². The highest BCUT2D eigenvalue weighted by atomic mass is 35.5. The fraction of sp³-hybridized carbons (Fsp3) is 0.273. The summed E-state index contributed by atoms with van der Waals surface area (Å²) in [6, 6.07) is 7.24. The number of halogens is 2. The Morgan fingerprint density at radius 3 is 2.85 bits per heavy atom. The number of nitrogen functional groups attached to an aromatic ring is 1. The van der Waals surface area contributed by atoms with E-state index in [9.17, 15) is 0 Å². The fourth-order valence-electron chi connectivity index (χ4n) is 3.88. The number of aromatic nitrogens is 5. The molecule has 0 amide bonds. The zero-order chi connectivity index (χ0) is 22.9. The predicted molar refractivity (Wildman–Crippen MR) is 127 cm³/mol.